The summed E-state index contributed by atoms with van der Waals surface area (Å²) < 4.78 is 0. The van der Waals surface area contributed by atoms with Crippen molar-refractivity contribution in [2.24, 2.45) is 5.41 Å². The Morgan fingerprint density at radius 3 is 2.62 bits per heavy atom. The molecule has 0 unspecified atom stereocenters. The number of halogens is 1. The van der Waals surface area contributed by atoms with E-state index in [0.29, 0.717) is 23.0 Å². The van der Waals surface area contributed by atoms with E-state index in [4.69, 9.17) is 11.6 Å². The zero-order valence-corrected chi connectivity index (χ0v) is 12.7. The number of fused-ring (bicyclic) bond motifs is 1. The average molecular weight is 302 g/mol. The Balaban J connectivity index is 1.89. The molecule has 0 saturated heterocycles. The monoisotopic (exact) mass is 301 g/mol. The lowest BCUT2D eigenvalue weighted by Crippen LogP contribution is -2.28. The molecule has 0 amide bonds. The second kappa shape index (κ2) is 5.11. The third-order valence-corrected chi connectivity index (χ3v) is 3.81. The molecule has 1 aliphatic rings. The van der Waals surface area contributed by atoms with Crippen molar-refractivity contribution in [3.63, 3.8) is 0 Å². The molecule has 2 aromatic rings. The third kappa shape index (κ3) is 3.05. The number of nitrogens with zero attached hydrogens (tertiary/aromatic N) is 2. The van der Waals surface area contributed by atoms with E-state index in [-0.39, 0.29) is 11.2 Å². The summed E-state index contributed by atoms with van der Waals surface area (Å²) in [7, 11) is 0. The van der Waals surface area contributed by atoms with Crippen LogP contribution in [0.1, 0.15) is 36.3 Å². The molecule has 1 heterocycles. The molecule has 5 heteroatoms. The molecular weight excluding hydrogens is 286 g/mol. The fourth-order valence-electron chi connectivity index (χ4n) is 2.55. The molecule has 0 bridgehead atoms. The molecule has 0 fully saturated rings. The number of rotatable bonds is 2. The highest BCUT2D eigenvalue weighted by molar-refractivity contribution is 6.30. The van der Waals surface area contributed by atoms with Crippen molar-refractivity contribution in [1.29, 1.82) is 0 Å². The van der Waals surface area contributed by atoms with Crippen LogP contribution >= 0.6 is 11.6 Å². The van der Waals surface area contributed by atoms with Crippen molar-refractivity contribution >= 4 is 29.0 Å². The van der Waals surface area contributed by atoms with Crippen molar-refractivity contribution in [2.45, 2.75) is 26.7 Å². The normalized spacial score (nSPS) is 16.4. The lowest BCUT2D eigenvalue weighted by Gasteiger charge is -2.29. The first-order chi connectivity index (χ1) is 9.93. The predicted octanol–water partition coefficient (Wildman–Crippen LogP) is 4.03. The van der Waals surface area contributed by atoms with Gasteiger partial charge < -0.3 is 5.32 Å². The summed E-state index contributed by atoms with van der Waals surface area (Å²) >= 11 is 5.86. The van der Waals surface area contributed by atoms with E-state index in [1.165, 1.54) is 0 Å². The summed E-state index contributed by atoms with van der Waals surface area (Å²) in [6.45, 7) is 4.17. The van der Waals surface area contributed by atoms with Gasteiger partial charge in [-0.15, -0.1) is 0 Å². The topological polar surface area (TPSA) is 54.9 Å². The number of benzene rings is 1. The maximum atomic E-state index is 12.1. The van der Waals surface area contributed by atoms with Gasteiger partial charge in [0.05, 0.1) is 11.3 Å². The second-order valence-electron chi connectivity index (χ2n) is 6.13. The standard InChI is InChI=1S/C16H16ClN3O/c1-16(2)7-13-12(14(21)8-16)9-18-15(20-13)19-11-5-3-10(17)4-6-11/h3-6,9H,7-8H2,1-2H3,(H,18,19,20). The van der Waals surface area contributed by atoms with Crippen LogP contribution in [0.2, 0.25) is 5.02 Å². The van der Waals surface area contributed by atoms with Gasteiger partial charge in [-0.3, -0.25) is 4.79 Å². The summed E-state index contributed by atoms with van der Waals surface area (Å²) in [6, 6.07) is 7.32. The van der Waals surface area contributed by atoms with E-state index in [9.17, 15) is 4.79 Å². The molecule has 0 atom stereocenters. The van der Waals surface area contributed by atoms with Gasteiger partial charge in [0.15, 0.2) is 5.78 Å². The quantitative estimate of drug-likeness (QED) is 0.910. The van der Waals surface area contributed by atoms with Crippen LogP contribution in [0.3, 0.4) is 0 Å². The molecule has 0 saturated carbocycles. The minimum Gasteiger partial charge on any atom is -0.324 e. The summed E-state index contributed by atoms with van der Waals surface area (Å²) in [5.41, 5.74) is 2.29. The maximum absolute atomic E-state index is 12.1. The van der Waals surface area contributed by atoms with E-state index in [1.54, 1.807) is 18.3 Å². The van der Waals surface area contributed by atoms with Gasteiger partial charge in [0.2, 0.25) is 5.95 Å². The second-order valence-corrected chi connectivity index (χ2v) is 6.56. The van der Waals surface area contributed by atoms with Crippen LogP contribution in [0.5, 0.6) is 0 Å². The van der Waals surface area contributed by atoms with Crippen LogP contribution in [-0.4, -0.2) is 15.8 Å². The average Bonchev–Trinajstić information content (AvgIpc) is 2.39. The highest BCUT2D eigenvalue weighted by atomic mass is 35.5. The van der Waals surface area contributed by atoms with Crippen molar-refractivity contribution in [1.82, 2.24) is 9.97 Å². The molecule has 0 radical (unpaired) electrons. The third-order valence-electron chi connectivity index (χ3n) is 3.55. The minimum absolute atomic E-state index is 0.0457. The molecule has 1 N–H and O–H groups in total. The molecule has 1 aliphatic carbocycles. The van der Waals surface area contributed by atoms with Gasteiger partial charge in [-0.05, 0) is 36.1 Å². The Labute approximate surface area is 128 Å². The summed E-state index contributed by atoms with van der Waals surface area (Å²) in [6.07, 6.45) is 2.96. The summed E-state index contributed by atoms with van der Waals surface area (Å²) in [5.74, 6) is 0.626. The minimum atomic E-state index is -0.0457. The lowest BCUT2D eigenvalue weighted by atomic mass is 9.76. The van der Waals surface area contributed by atoms with Crippen LogP contribution in [0.4, 0.5) is 11.6 Å². The van der Waals surface area contributed by atoms with Gasteiger partial charge >= 0.3 is 0 Å². The van der Waals surface area contributed by atoms with E-state index >= 15 is 0 Å². The molecule has 1 aromatic heterocycles. The number of aromatic nitrogens is 2. The largest absolute Gasteiger partial charge is 0.324 e. The first kappa shape index (κ1) is 14.0. The predicted molar refractivity (Wildman–Crippen MR) is 83.2 cm³/mol. The molecule has 21 heavy (non-hydrogen) atoms. The van der Waals surface area contributed by atoms with Crippen LogP contribution < -0.4 is 5.32 Å². The molecule has 1 aromatic carbocycles. The Morgan fingerprint density at radius 2 is 1.90 bits per heavy atom. The Morgan fingerprint density at radius 1 is 1.19 bits per heavy atom. The number of hydrogen-bond donors (Lipinski definition) is 1. The zero-order chi connectivity index (χ0) is 15.0. The summed E-state index contributed by atoms with van der Waals surface area (Å²) in [5, 5.41) is 3.81. The Bertz CT molecular complexity index is 695. The van der Waals surface area contributed by atoms with Crippen molar-refractivity contribution in [3.8, 4) is 0 Å². The van der Waals surface area contributed by atoms with Crippen LogP contribution in [-0.2, 0) is 6.42 Å². The smallest absolute Gasteiger partial charge is 0.227 e. The van der Waals surface area contributed by atoms with Crippen molar-refractivity contribution in [2.75, 3.05) is 5.32 Å². The van der Waals surface area contributed by atoms with Gasteiger partial charge in [-0.1, -0.05) is 25.4 Å². The van der Waals surface area contributed by atoms with Gasteiger partial charge in [-0.25, -0.2) is 9.97 Å². The van der Waals surface area contributed by atoms with E-state index in [2.05, 4.69) is 29.1 Å². The Kier molecular flexibility index (Phi) is 3.41. The molecule has 4 nitrogen and oxygen atoms in total. The van der Waals surface area contributed by atoms with Crippen LogP contribution in [0, 0.1) is 5.41 Å². The van der Waals surface area contributed by atoms with E-state index < -0.39 is 0 Å². The number of hydrogen-bond acceptors (Lipinski definition) is 4. The van der Waals surface area contributed by atoms with Gasteiger partial charge in [-0.2, -0.15) is 0 Å². The maximum Gasteiger partial charge on any atom is 0.227 e. The highest BCUT2D eigenvalue weighted by Crippen LogP contribution is 2.33. The van der Waals surface area contributed by atoms with Crippen LogP contribution in [0.25, 0.3) is 0 Å². The van der Waals surface area contributed by atoms with E-state index in [0.717, 1.165) is 17.8 Å². The van der Waals surface area contributed by atoms with Crippen LogP contribution in [0.15, 0.2) is 30.5 Å². The van der Waals surface area contributed by atoms with Gasteiger partial charge in [0.1, 0.15) is 0 Å². The highest BCUT2D eigenvalue weighted by Gasteiger charge is 2.32. The number of anilines is 2. The number of carbonyl (C=O) groups excluding carboxylic acids is 1. The first-order valence-corrected chi connectivity index (χ1v) is 7.22. The number of nitrogens with one attached hydrogen (secondary N) is 1. The lowest BCUT2D eigenvalue weighted by molar-refractivity contribution is 0.0910. The van der Waals surface area contributed by atoms with Crippen molar-refractivity contribution < 1.29 is 4.79 Å². The van der Waals surface area contributed by atoms with Gasteiger partial charge in [0.25, 0.3) is 0 Å². The Hall–Kier alpha value is -1.94. The van der Waals surface area contributed by atoms with E-state index in [1.807, 2.05) is 12.1 Å². The number of Topliss-reactive ketones (excluding diaryl/α,β-unsaturated/α-hetero) is 1. The molecule has 0 aliphatic heterocycles. The molecular formula is C16H16ClN3O. The number of carbonyl (C=O) groups is 1. The number of ketones is 1. The fourth-order valence-corrected chi connectivity index (χ4v) is 2.68. The molecule has 0 spiro atoms. The molecule has 108 valence electrons. The summed E-state index contributed by atoms with van der Waals surface area (Å²) in [4.78, 5) is 20.8. The SMILES string of the molecule is CC1(C)CC(=O)c2cnc(Nc3ccc(Cl)cc3)nc2C1. The molecule has 3 rings (SSSR count). The zero-order valence-electron chi connectivity index (χ0n) is 12.0. The first-order valence-electron chi connectivity index (χ1n) is 6.85. The fraction of sp³-hybridized carbons (Fsp3) is 0.312. The van der Waals surface area contributed by atoms with Crippen molar-refractivity contribution in [3.05, 3.63) is 46.7 Å². The van der Waals surface area contributed by atoms with Gasteiger partial charge in [0, 0.05) is 23.3 Å².